The maximum atomic E-state index is 13.1. The van der Waals surface area contributed by atoms with Crippen LogP contribution in [0.2, 0.25) is 0 Å². The van der Waals surface area contributed by atoms with E-state index < -0.39 is 0 Å². The van der Waals surface area contributed by atoms with Gasteiger partial charge in [-0.05, 0) is 42.0 Å². The Balaban J connectivity index is 1.50. The Kier molecular flexibility index (Phi) is 5.63. The van der Waals surface area contributed by atoms with Crippen LogP contribution in [0.1, 0.15) is 19.4 Å². The van der Waals surface area contributed by atoms with E-state index in [9.17, 15) is 13.6 Å². The summed E-state index contributed by atoms with van der Waals surface area (Å²) in [5.74, 6) is -0.516. The van der Waals surface area contributed by atoms with E-state index in [2.05, 4.69) is 10.2 Å². The van der Waals surface area contributed by atoms with Crippen molar-refractivity contribution >= 4 is 11.7 Å². The fraction of sp³-hybridized carbons (Fsp3) is 0.381. The molecule has 1 heterocycles. The van der Waals surface area contributed by atoms with Crippen molar-refractivity contribution in [3.8, 4) is 0 Å². The number of carbonyl (C=O) groups is 1. The molecule has 2 amide bonds. The minimum atomic E-state index is -0.292. The molecule has 0 atom stereocenters. The van der Waals surface area contributed by atoms with Gasteiger partial charge in [-0.25, -0.2) is 13.6 Å². The molecule has 0 bridgehead atoms. The maximum Gasteiger partial charge on any atom is 0.317 e. The molecule has 0 unspecified atom stereocenters. The zero-order chi connectivity index (χ0) is 19.4. The average Bonchev–Trinajstić information content (AvgIpc) is 2.67. The molecule has 2 aromatic rings. The molecule has 4 nitrogen and oxygen atoms in total. The third-order valence-corrected chi connectivity index (χ3v) is 5.07. The molecular weight excluding hydrogens is 348 g/mol. The smallest absolute Gasteiger partial charge is 0.317 e. The van der Waals surface area contributed by atoms with E-state index in [1.165, 1.54) is 24.3 Å². The van der Waals surface area contributed by atoms with Crippen molar-refractivity contribution in [3.05, 3.63) is 65.7 Å². The SMILES string of the molecule is CC(C)(CNC(=O)N1CCN(c2ccc(F)cc2)CC1)c1ccc(F)cc1. The topological polar surface area (TPSA) is 35.6 Å². The van der Waals surface area contributed by atoms with Crippen LogP contribution in [0, 0.1) is 11.6 Å². The van der Waals surface area contributed by atoms with Crippen molar-refractivity contribution in [1.29, 1.82) is 0 Å². The number of piperazine rings is 1. The van der Waals surface area contributed by atoms with Gasteiger partial charge in [-0.3, -0.25) is 0 Å². The summed E-state index contributed by atoms with van der Waals surface area (Å²) in [4.78, 5) is 16.4. The van der Waals surface area contributed by atoms with Crippen LogP contribution in [0.25, 0.3) is 0 Å². The molecule has 0 aliphatic carbocycles. The highest BCUT2D eigenvalue weighted by molar-refractivity contribution is 5.74. The van der Waals surface area contributed by atoms with Gasteiger partial charge in [0.25, 0.3) is 0 Å². The average molecular weight is 373 g/mol. The van der Waals surface area contributed by atoms with Crippen molar-refractivity contribution < 1.29 is 13.6 Å². The number of carbonyl (C=O) groups excluding carboxylic acids is 1. The van der Waals surface area contributed by atoms with Gasteiger partial charge in [0.1, 0.15) is 11.6 Å². The molecule has 6 heteroatoms. The maximum absolute atomic E-state index is 13.1. The predicted octanol–water partition coefficient (Wildman–Crippen LogP) is 3.77. The lowest BCUT2D eigenvalue weighted by atomic mass is 9.84. The Labute approximate surface area is 158 Å². The molecule has 0 spiro atoms. The van der Waals surface area contributed by atoms with E-state index >= 15 is 0 Å². The standard InChI is InChI=1S/C21H25F2N3O/c1-21(2,16-3-5-17(22)6-4-16)15-24-20(27)26-13-11-25(12-14-26)19-9-7-18(23)8-10-19/h3-10H,11-15H2,1-2H3,(H,24,27). The fourth-order valence-corrected chi connectivity index (χ4v) is 3.23. The van der Waals surface area contributed by atoms with E-state index in [1.807, 2.05) is 13.8 Å². The lowest BCUT2D eigenvalue weighted by Gasteiger charge is -2.36. The molecule has 3 rings (SSSR count). The third-order valence-electron chi connectivity index (χ3n) is 5.07. The molecule has 0 saturated carbocycles. The number of nitrogens with zero attached hydrogens (tertiary/aromatic N) is 2. The van der Waals surface area contributed by atoms with Gasteiger partial charge in [0.05, 0.1) is 0 Å². The quantitative estimate of drug-likeness (QED) is 0.885. The van der Waals surface area contributed by atoms with Crippen LogP contribution in [0.5, 0.6) is 0 Å². The largest absolute Gasteiger partial charge is 0.368 e. The van der Waals surface area contributed by atoms with Gasteiger partial charge in [-0.2, -0.15) is 0 Å². The number of rotatable bonds is 4. The molecule has 0 aromatic heterocycles. The van der Waals surface area contributed by atoms with Gasteiger partial charge in [0.2, 0.25) is 0 Å². The van der Waals surface area contributed by atoms with Crippen molar-refractivity contribution in [2.45, 2.75) is 19.3 Å². The summed E-state index contributed by atoms with van der Waals surface area (Å²) in [6.45, 7) is 7.15. The zero-order valence-corrected chi connectivity index (χ0v) is 15.7. The highest BCUT2D eigenvalue weighted by Gasteiger charge is 2.25. The Morgan fingerprint density at radius 1 is 0.926 bits per heavy atom. The Morgan fingerprint density at radius 3 is 2.00 bits per heavy atom. The Morgan fingerprint density at radius 2 is 1.44 bits per heavy atom. The first-order valence-electron chi connectivity index (χ1n) is 9.14. The number of hydrogen-bond acceptors (Lipinski definition) is 2. The lowest BCUT2D eigenvalue weighted by Crippen LogP contribution is -2.53. The number of anilines is 1. The summed E-state index contributed by atoms with van der Waals surface area (Å²) in [6, 6.07) is 12.7. The van der Waals surface area contributed by atoms with E-state index in [1.54, 1.807) is 29.2 Å². The van der Waals surface area contributed by atoms with Crippen LogP contribution >= 0.6 is 0 Å². The first kappa shape index (κ1) is 19.1. The van der Waals surface area contributed by atoms with Gasteiger partial charge in [0.15, 0.2) is 0 Å². The monoisotopic (exact) mass is 373 g/mol. The highest BCUT2D eigenvalue weighted by Crippen LogP contribution is 2.23. The summed E-state index contributed by atoms with van der Waals surface area (Å²) in [5, 5.41) is 2.99. The second kappa shape index (κ2) is 7.94. The molecular formula is C21H25F2N3O. The molecule has 0 radical (unpaired) electrons. The summed E-state index contributed by atoms with van der Waals surface area (Å²) >= 11 is 0. The summed E-state index contributed by atoms with van der Waals surface area (Å²) in [5.41, 5.74) is 1.65. The number of hydrogen-bond donors (Lipinski definition) is 1. The highest BCUT2D eigenvalue weighted by atomic mass is 19.1. The first-order valence-corrected chi connectivity index (χ1v) is 9.14. The van der Waals surface area contributed by atoms with Crippen LogP contribution in [-0.2, 0) is 5.41 Å². The second-order valence-electron chi connectivity index (χ2n) is 7.50. The first-order chi connectivity index (χ1) is 12.8. The molecule has 1 saturated heterocycles. The fourth-order valence-electron chi connectivity index (χ4n) is 3.23. The Bertz CT molecular complexity index is 767. The van der Waals surface area contributed by atoms with Crippen molar-refractivity contribution in [2.75, 3.05) is 37.6 Å². The molecule has 144 valence electrons. The second-order valence-corrected chi connectivity index (χ2v) is 7.50. The lowest BCUT2D eigenvalue weighted by molar-refractivity contribution is 0.192. The number of benzene rings is 2. The molecule has 1 N–H and O–H groups in total. The van der Waals surface area contributed by atoms with E-state index in [0.717, 1.165) is 11.3 Å². The van der Waals surface area contributed by atoms with E-state index in [4.69, 9.17) is 0 Å². The van der Waals surface area contributed by atoms with Crippen LogP contribution in [0.4, 0.5) is 19.3 Å². The molecule has 1 aliphatic heterocycles. The zero-order valence-electron chi connectivity index (χ0n) is 15.7. The number of nitrogens with one attached hydrogen (secondary N) is 1. The van der Waals surface area contributed by atoms with Gasteiger partial charge >= 0.3 is 6.03 Å². The summed E-state index contributed by atoms with van der Waals surface area (Å²) < 4.78 is 26.2. The van der Waals surface area contributed by atoms with Gasteiger partial charge in [-0.15, -0.1) is 0 Å². The minimum Gasteiger partial charge on any atom is -0.368 e. The molecule has 1 aliphatic rings. The minimum absolute atomic E-state index is 0.0936. The van der Waals surface area contributed by atoms with Crippen LogP contribution in [0.3, 0.4) is 0 Å². The molecule has 27 heavy (non-hydrogen) atoms. The number of amides is 2. The van der Waals surface area contributed by atoms with Gasteiger partial charge in [0, 0.05) is 43.8 Å². The third kappa shape index (κ3) is 4.76. The molecule has 1 fully saturated rings. The van der Waals surface area contributed by atoms with Gasteiger partial charge < -0.3 is 15.1 Å². The van der Waals surface area contributed by atoms with Gasteiger partial charge in [-0.1, -0.05) is 26.0 Å². The Hall–Kier alpha value is -2.63. The van der Waals surface area contributed by atoms with Crippen molar-refractivity contribution in [1.82, 2.24) is 10.2 Å². The van der Waals surface area contributed by atoms with E-state index in [0.29, 0.717) is 32.7 Å². The molecule has 2 aromatic carbocycles. The van der Waals surface area contributed by atoms with Crippen LogP contribution in [0.15, 0.2) is 48.5 Å². The van der Waals surface area contributed by atoms with Crippen molar-refractivity contribution in [2.24, 2.45) is 0 Å². The summed E-state index contributed by atoms with van der Waals surface area (Å²) in [6.07, 6.45) is 0. The predicted molar refractivity (Wildman–Crippen MR) is 103 cm³/mol. The number of halogens is 2. The normalized spacial score (nSPS) is 15.0. The van der Waals surface area contributed by atoms with Crippen molar-refractivity contribution in [3.63, 3.8) is 0 Å². The number of urea groups is 1. The van der Waals surface area contributed by atoms with Crippen LogP contribution in [-0.4, -0.2) is 43.7 Å². The summed E-state index contributed by atoms with van der Waals surface area (Å²) in [7, 11) is 0. The van der Waals surface area contributed by atoms with Crippen LogP contribution < -0.4 is 10.2 Å². The van der Waals surface area contributed by atoms with E-state index in [-0.39, 0.29) is 23.1 Å².